The summed E-state index contributed by atoms with van der Waals surface area (Å²) in [7, 11) is 0. The Morgan fingerprint density at radius 2 is 2.08 bits per heavy atom. The summed E-state index contributed by atoms with van der Waals surface area (Å²) in [5.74, 6) is 0. The molecule has 0 amide bonds. The summed E-state index contributed by atoms with van der Waals surface area (Å²) >= 11 is 0. The Hall–Kier alpha value is -1.59. The molecule has 0 bridgehead atoms. The van der Waals surface area contributed by atoms with Crippen LogP contribution in [-0.2, 0) is 6.42 Å². The number of benzene rings is 1. The minimum Gasteiger partial charge on any atom is -0.324 e. The van der Waals surface area contributed by atoms with Crippen LogP contribution in [0.25, 0.3) is 0 Å². The number of hydrogen-bond donors (Lipinski definition) is 1. The van der Waals surface area contributed by atoms with E-state index < -0.39 is 0 Å². The van der Waals surface area contributed by atoms with E-state index in [4.69, 9.17) is 11.0 Å². The van der Waals surface area contributed by atoms with Crippen LogP contribution < -0.4 is 5.73 Å². The Kier molecular flexibility index (Phi) is 3.74. The van der Waals surface area contributed by atoms with E-state index in [2.05, 4.69) is 0 Å². The molecule has 0 spiro atoms. The van der Waals surface area contributed by atoms with E-state index >= 15 is 0 Å². The molecule has 0 unspecified atom stereocenters. The second kappa shape index (κ2) is 5.13. The predicted molar refractivity (Wildman–Crippen MR) is 52.9 cm³/mol. The summed E-state index contributed by atoms with van der Waals surface area (Å²) in [6.45, 7) is 0. The molecule has 0 saturated carbocycles. The normalized spacial score (nSPS) is 12.6. The molecule has 0 fully saturated rings. The summed E-state index contributed by atoms with van der Waals surface area (Å²) in [4.78, 5) is 0. The van der Waals surface area contributed by atoms with Gasteiger partial charge in [-0.1, -0.05) is 36.4 Å². The van der Waals surface area contributed by atoms with Crippen molar-refractivity contribution in [2.75, 3.05) is 0 Å². The minimum atomic E-state index is -0.0675. The van der Waals surface area contributed by atoms with E-state index in [1.165, 1.54) is 11.6 Å². The van der Waals surface area contributed by atoms with Crippen molar-refractivity contribution in [1.82, 2.24) is 0 Å². The third-order valence-corrected chi connectivity index (χ3v) is 1.73. The summed E-state index contributed by atoms with van der Waals surface area (Å²) in [5.41, 5.74) is 6.95. The molecule has 1 rings (SSSR count). The van der Waals surface area contributed by atoms with E-state index in [-0.39, 0.29) is 6.04 Å². The van der Waals surface area contributed by atoms with Gasteiger partial charge in [-0.25, -0.2) is 0 Å². The maximum absolute atomic E-state index is 8.29. The van der Waals surface area contributed by atoms with Gasteiger partial charge in [0.05, 0.1) is 6.07 Å². The predicted octanol–water partition coefficient (Wildman–Crippen LogP) is 1.64. The molecule has 0 aromatic heterocycles. The SMILES string of the molecule is N#C/C=C/[C@H](N)Cc1ccccc1. The van der Waals surface area contributed by atoms with Gasteiger partial charge in [0, 0.05) is 12.1 Å². The smallest absolute Gasteiger partial charge is 0.0909 e. The fraction of sp³-hybridized carbons (Fsp3) is 0.182. The maximum Gasteiger partial charge on any atom is 0.0909 e. The number of nitrogens with two attached hydrogens (primary N) is 1. The van der Waals surface area contributed by atoms with Gasteiger partial charge in [-0.3, -0.25) is 0 Å². The van der Waals surface area contributed by atoms with E-state index in [1.807, 2.05) is 36.4 Å². The molecule has 0 saturated heterocycles. The average molecular weight is 172 g/mol. The van der Waals surface area contributed by atoms with Crippen molar-refractivity contribution in [2.45, 2.75) is 12.5 Å². The number of nitrogens with zero attached hydrogens (tertiary/aromatic N) is 1. The molecule has 2 heteroatoms. The van der Waals surface area contributed by atoms with Crippen LogP contribution in [0.15, 0.2) is 42.5 Å². The van der Waals surface area contributed by atoms with Crippen LogP contribution in [0.4, 0.5) is 0 Å². The summed E-state index contributed by atoms with van der Waals surface area (Å²) in [6, 6.07) is 11.8. The molecule has 66 valence electrons. The van der Waals surface area contributed by atoms with Crippen LogP contribution in [0.2, 0.25) is 0 Å². The molecule has 0 radical (unpaired) electrons. The molecule has 2 N–H and O–H groups in total. The lowest BCUT2D eigenvalue weighted by atomic mass is 10.1. The molecular formula is C11H12N2. The fourth-order valence-electron chi connectivity index (χ4n) is 1.12. The Bertz CT molecular complexity index is 309. The van der Waals surface area contributed by atoms with E-state index in [1.54, 1.807) is 6.08 Å². The summed E-state index contributed by atoms with van der Waals surface area (Å²) < 4.78 is 0. The van der Waals surface area contributed by atoms with Gasteiger partial charge in [0.1, 0.15) is 0 Å². The van der Waals surface area contributed by atoms with Crippen molar-refractivity contribution in [3.63, 3.8) is 0 Å². The van der Waals surface area contributed by atoms with Crippen molar-refractivity contribution in [3.8, 4) is 6.07 Å². The monoisotopic (exact) mass is 172 g/mol. The average Bonchev–Trinajstić information content (AvgIpc) is 2.16. The third-order valence-electron chi connectivity index (χ3n) is 1.73. The first-order valence-electron chi connectivity index (χ1n) is 4.18. The number of hydrogen-bond acceptors (Lipinski definition) is 2. The largest absolute Gasteiger partial charge is 0.324 e. The minimum absolute atomic E-state index is 0.0675. The molecule has 0 heterocycles. The van der Waals surface area contributed by atoms with E-state index in [9.17, 15) is 0 Å². The number of rotatable bonds is 3. The topological polar surface area (TPSA) is 49.8 Å². The highest BCUT2D eigenvalue weighted by Crippen LogP contribution is 2.02. The lowest BCUT2D eigenvalue weighted by Crippen LogP contribution is -2.19. The third kappa shape index (κ3) is 3.55. The van der Waals surface area contributed by atoms with Gasteiger partial charge in [0.15, 0.2) is 0 Å². The molecule has 2 nitrogen and oxygen atoms in total. The van der Waals surface area contributed by atoms with Gasteiger partial charge >= 0.3 is 0 Å². The van der Waals surface area contributed by atoms with Gasteiger partial charge in [0.2, 0.25) is 0 Å². The highest BCUT2D eigenvalue weighted by atomic mass is 14.6. The molecule has 0 aliphatic heterocycles. The summed E-state index contributed by atoms with van der Waals surface area (Å²) in [6.07, 6.45) is 3.92. The quantitative estimate of drug-likeness (QED) is 0.704. The highest BCUT2D eigenvalue weighted by Gasteiger charge is 1.97. The van der Waals surface area contributed by atoms with Crippen LogP contribution in [0.3, 0.4) is 0 Å². The molecule has 1 aromatic rings. The maximum atomic E-state index is 8.29. The number of allylic oxidation sites excluding steroid dienone is 1. The molecule has 1 atom stereocenters. The number of nitriles is 1. The van der Waals surface area contributed by atoms with Gasteiger partial charge in [-0.2, -0.15) is 5.26 Å². The van der Waals surface area contributed by atoms with E-state index in [0.717, 1.165) is 6.42 Å². The Morgan fingerprint density at radius 1 is 1.38 bits per heavy atom. The lowest BCUT2D eigenvalue weighted by molar-refractivity contribution is 0.810. The van der Waals surface area contributed by atoms with Gasteiger partial charge in [-0.05, 0) is 12.0 Å². The van der Waals surface area contributed by atoms with Gasteiger partial charge < -0.3 is 5.73 Å². The zero-order valence-electron chi connectivity index (χ0n) is 7.35. The lowest BCUT2D eigenvalue weighted by Gasteiger charge is -2.04. The van der Waals surface area contributed by atoms with E-state index in [0.29, 0.717) is 0 Å². The Morgan fingerprint density at radius 3 is 2.69 bits per heavy atom. The fourth-order valence-corrected chi connectivity index (χ4v) is 1.12. The van der Waals surface area contributed by atoms with Crippen LogP contribution in [0, 0.1) is 11.3 Å². The molecular weight excluding hydrogens is 160 g/mol. The first-order valence-corrected chi connectivity index (χ1v) is 4.18. The standard InChI is InChI=1S/C11H12N2/c12-8-4-7-11(13)9-10-5-2-1-3-6-10/h1-7,11H,9,13H2/b7-4+/t11-/m0/s1. The zero-order chi connectivity index (χ0) is 9.52. The zero-order valence-corrected chi connectivity index (χ0v) is 7.35. The van der Waals surface area contributed by atoms with Crippen molar-refractivity contribution in [3.05, 3.63) is 48.0 Å². The molecule has 1 aromatic carbocycles. The molecule has 0 aliphatic carbocycles. The van der Waals surface area contributed by atoms with Crippen molar-refractivity contribution in [1.29, 1.82) is 5.26 Å². The van der Waals surface area contributed by atoms with Crippen LogP contribution >= 0.6 is 0 Å². The van der Waals surface area contributed by atoms with Crippen LogP contribution in [-0.4, -0.2) is 6.04 Å². The van der Waals surface area contributed by atoms with Crippen molar-refractivity contribution >= 4 is 0 Å². The second-order valence-corrected chi connectivity index (χ2v) is 2.84. The summed E-state index contributed by atoms with van der Waals surface area (Å²) in [5, 5.41) is 8.29. The molecule has 0 aliphatic rings. The first-order chi connectivity index (χ1) is 6.33. The van der Waals surface area contributed by atoms with Gasteiger partial charge in [-0.15, -0.1) is 0 Å². The Labute approximate surface area is 78.3 Å². The molecule has 13 heavy (non-hydrogen) atoms. The van der Waals surface area contributed by atoms with Crippen molar-refractivity contribution < 1.29 is 0 Å². The van der Waals surface area contributed by atoms with Crippen LogP contribution in [0.1, 0.15) is 5.56 Å². The van der Waals surface area contributed by atoms with Crippen LogP contribution in [0.5, 0.6) is 0 Å². The van der Waals surface area contributed by atoms with Gasteiger partial charge in [0.25, 0.3) is 0 Å². The van der Waals surface area contributed by atoms with Crippen molar-refractivity contribution in [2.24, 2.45) is 5.73 Å². The Balaban J connectivity index is 2.51. The second-order valence-electron chi connectivity index (χ2n) is 2.84. The highest BCUT2D eigenvalue weighted by molar-refractivity contribution is 5.18. The first kappa shape index (κ1) is 9.50.